The second-order valence-corrected chi connectivity index (χ2v) is 18.9. The summed E-state index contributed by atoms with van der Waals surface area (Å²) in [7, 11) is -4.67. The molecule has 0 saturated heterocycles. The average molecular weight is 472 g/mol. The van der Waals surface area contributed by atoms with Crippen molar-refractivity contribution in [1.82, 2.24) is 0 Å². The van der Waals surface area contributed by atoms with Crippen LogP contribution in [0.2, 0.25) is 25.7 Å². The molecule has 0 bridgehead atoms. The van der Waals surface area contributed by atoms with Gasteiger partial charge in [-0.25, -0.2) is 0 Å². The molecule has 0 unspecified atom stereocenters. The first-order valence-corrected chi connectivity index (χ1v) is 15.7. The van der Waals surface area contributed by atoms with Gasteiger partial charge in [-0.2, -0.15) is 10.6 Å². The molecule has 0 saturated carbocycles. The molecule has 1 heterocycles. The largest absolute Gasteiger partial charge is 0.460 e. The normalized spacial score (nSPS) is 19.0. The van der Waals surface area contributed by atoms with Crippen LogP contribution >= 0.6 is 10.6 Å². The number of benzene rings is 1. The number of esters is 1. The maximum Gasteiger partial charge on any atom is 0.310 e. The molecule has 1 aromatic carbocycles. The molecule has 9 heteroatoms. The van der Waals surface area contributed by atoms with Crippen molar-refractivity contribution in [3.8, 4) is 0 Å². The third-order valence-corrected chi connectivity index (χ3v) is 9.34. The monoisotopic (exact) mass is 471 g/mol. The van der Waals surface area contributed by atoms with Gasteiger partial charge in [0, 0.05) is 14.7 Å². The second kappa shape index (κ2) is 8.86. The summed E-state index contributed by atoms with van der Waals surface area (Å²) in [5, 5.41) is 0. The van der Waals surface area contributed by atoms with Crippen molar-refractivity contribution < 1.29 is 28.2 Å². The van der Waals surface area contributed by atoms with Gasteiger partial charge in [0.25, 0.3) is 5.91 Å². The minimum atomic E-state index is -3.39. The molecule has 7 nitrogen and oxygen atoms in total. The van der Waals surface area contributed by atoms with Crippen LogP contribution in [0.25, 0.3) is 0 Å². The van der Waals surface area contributed by atoms with Gasteiger partial charge in [-0.1, -0.05) is 25.7 Å². The molecule has 0 atom stereocenters. The molecule has 0 aliphatic carbocycles. The lowest BCUT2D eigenvalue weighted by Gasteiger charge is -2.52. The Balaban J connectivity index is 2.34. The number of amides is 1. The van der Waals surface area contributed by atoms with Gasteiger partial charge < -0.3 is 9.47 Å². The summed E-state index contributed by atoms with van der Waals surface area (Å²) in [6.45, 7) is 15.8. The zero-order chi connectivity index (χ0) is 23.8. The van der Waals surface area contributed by atoms with Gasteiger partial charge in [-0.15, -0.1) is 0 Å². The molecule has 0 radical (unpaired) electrons. The number of rotatable bonds is 7. The van der Waals surface area contributed by atoms with E-state index in [2.05, 4.69) is 19.6 Å². The number of carbonyl (C=O) groups is 2. The lowest BCUT2D eigenvalue weighted by Crippen LogP contribution is -2.52. The first-order valence-electron chi connectivity index (χ1n) is 10.5. The predicted octanol–water partition coefficient (Wildman–Crippen LogP) is 5.12. The van der Waals surface area contributed by atoms with Crippen molar-refractivity contribution in [2.45, 2.75) is 82.0 Å². The van der Waals surface area contributed by atoms with E-state index >= 15 is 0 Å². The first kappa shape index (κ1) is 25.9. The Morgan fingerprint density at radius 1 is 1.19 bits per heavy atom. The van der Waals surface area contributed by atoms with Crippen LogP contribution in [0.15, 0.2) is 23.1 Å². The fourth-order valence-electron chi connectivity index (χ4n) is 3.16. The highest BCUT2D eigenvalue weighted by Gasteiger charge is 2.51. The van der Waals surface area contributed by atoms with E-state index in [0.717, 1.165) is 6.04 Å². The number of anilines is 1. The van der Waals surface area contributed by atoms with Crippen molar-refractivity contribution in [3.63, 3.8) is 0 Å². The Labute approximate surface area is 188 Å². The van der Waals surface area contributed by atoms with E-state index < -0.39 is 34.9 Å². The molecule has 1 amide bonds. The van der Waals surface area contributed by atoms with Gasteiger partial charge in [0.05, 0.1) is 17.0 Å². The molecule has 0 spiro atoms. The van der Waals surface area contributed by atoms with Crippen LogP contribution in [-0.4, -0.2) is 52.7 Å². The smallest absolute Gasteiger partial charge is 0.310 e. The SMILES string of the molecule is CC(C)(C)OC(=O)Cc1ccc2c(c1)N(COCC[Si](C)(C)C)C(=O)C(C)(C)S2(O)O. The van der Waals surface area contributed by atoms with E-state index in [1.54, 1.807) is 39.0 Å². The van der Waals surface area contributed by atoms with Crippen molar-refractivity contribution in [1.29, 1.82) is 0 Å². The zero-order valence-electron chi connectivity index (χ0n) is 19.9. The molecule has 1 aliphatic rings. The van der Waals surface area contributed by atoms with Crippen LogP contribution in [0.4, 0.5) is 5.69 Å². The summed E-state index contributed by atoms with van der Waals surface area (Å²) in [6, 6.07) is 5.88. The topological polar surface area (TPSA) is 96.3 Å². The molecule has 1 aromatic rings. The fraction of sp³-hybridized carbons (Fsp3) is 0.636. The lowest BCUT2D eigenvalue weighted by atomic mass is 10.1. The minimum Gasteiger partial charge on any atom is -0.460 e. The molecule has 2 N–H and O–H groups in total. The quantitative estimate of drug-likeness (QED) is 0.326. The Morgan fingerprint density at radius 3 is 2.35 bits per heavy atom. The molecular weight excluding hydrogens is 434 g/mol. The highest BCUT2D eigenvalue weighted by molar-refractivity contribution is 8.26. The molecule has 1 aliphatic heterocycles. The third-order valence-electron chi connectivity index (χ3n) is 5.08. The lowest BCUT2D eigenvalue weighted by molar-refractivity contribution is -0.153. The van der Waals surface area contributed by atoms with Crippen LogP contribution in [0.1, 0.15) is 40.2 Å². The summed E-state index contributed by atoms with van der Waals surface area (Å²) >= 11 is 0. The summed E-state index contributed by atoms with van der Waals surface area (Å²) in [4.78, 5) is 27.2. The second-order valence-electron chi connectivity index (χ2n) is 10.7. The molecule has 176 valence electrons. The van der Waals surface area contributed by atoms with Crippen LogP contribution in [-0.2, 0) is 25.5 Å². The van der Waals surface area contributed by atoms with Gasteiger partial charge in [0.1, 0.15) is 17.1 Å². The van der Waals surface area contributed by atoms with E-state index in [-0.39, 0.29) is 19.1 Å². The Hall–Kier alpha value is -1.39. The van der Waals surface area contributed by atoms with E-state index in [1.807, 2.05) is 0 Å². The summed E-state index contributed by atoms with van der Waals surface area (Å²) in [5.41, 5.74) is 0.401. The zero-order valence-corrected chi connectivity index (χ0v) is 21.8. The van der Waals surface area contributed by atoms with Gasteiger partial charge in [-0.05, 0) is 58.4 Å². The molecular formula is C22H37NO6SSi. The van der Waals surface area contributed by atoms with Crippen molar-refractivity contribution in [2.75, 3.05) is 18.2 Å². The Kier molecular flexibility index (Phi) is 7.39. The van der Waals surface area contributed by atoms with Crippen LogP contribution in [0, 0.1) is 0 Å². The van der Waals surface area contributed by atoms with Crippen LogP contribution in [0.5, 0.6) is 0 Å². The van der Waals surface area contributed by atoms with Crippen molar-refractivity contribution in [2.24, 2.45) is 0 Å². The van der Waals surface area contributed by atoms with E-state index in [9.17, 15) is 18.7 Å². The van der Waals surface area contributed by atoms with E-state index in [1.165, 1.54) is 18.7 Å². The van der Waals surface area contributed by atoms with E-state index in [0.29, 0.717) is 22.8 Å². The summed E-state index contributed by atoms with van der Waals surface area (Å²) in [6.07, 6.45) is 0.0195. The Bertz CT molecular complexity index is 841. The number of fused-ring (bicyclic) bond motifs is 1. The van der Waals surface area contributed by atoms with Gasteiger partial charge in [0.2, 0.25) is 0 Å². The Morgan fingerprint density at radius 2 is 1.81 bits per heavy atom. The van der Waals surface area contributed by atoms with Crippen molar-refractivity contribution >= 4 is 36.2 Å². The van der Waals surface area contributed by atoms with Crippen molar-refractivity contribution in [3.05, 3.63) is 23.8 Å². The maximum atomic E-state index is 13.2. The molecule has 0 fully saturated rings. The van der Waals surface area contributed by atoms with Gasteiger partial charge in [0.15, 0.2) is 0 Å². The number of hydrogen-bond donors (Lipinski definition) is 2. The average Bonchev–Trinajstić information content (AvgIpc) is 2.57. The van der Waals surface area contributed by atoms with Gasteiger partial charge >= 0.3 is 5.97 Å². The minimum absolute atomic E-state index is 0.0190. The predicted molar refractivity (Wildman–Crippen MR) is 128 cm³/mol. The molecule has 0 aromatic heterocycles. The first-order chi connectivity index (χ1) is 14.0. The number of ether oxygens (including phenoxy) is 2. The fourth-order valence-corrected chi connectivity index (χ4v) is 5.54. The standard InChI is InChI=1S/C22H37NO6SSi/c1-21(2,3)29-19(24)14-16-9-10-18-17(13-16)23(15-28-11-12-31(6,7)8)20(25)22(4,5)30(18,26)27/h9-10,13,26-27H,11-12,14-15H2,1-8H3. The summed E-state index contributed by atoms with van der Waals surface area (Å²) < 4.78 is 31.6. The summed E-state index contributed by atoms with van der Waals surface area (Å²) in [5.74, 6) is -0.804. The van der Waals surface area contributed by atoms with Crippen LogP contribution < -0.4 is 4.90 Å². The number of nitrogens with zero attached hydrogens (tertiary/aromatic N) is 1. The molecule has 31 heavy (non-hydrogen) atoms. The molecule has 2 rings (SSSR count). The highest BCUT2D eigenvalue weighted by Crippen LogP contribution is 2.65. The third kappa shape index (κ3) is 6.10. The van der Waals surface area contributed by atoms with Crippen LogP contribution in [0.3, 0.4) is 0 Å². The maximum absolute atomic E-state index is 13.2. The number of carbonyl (C=O) groups excluding carboxylic acids is 2. The van der Waals surface area contributed by atoms with E-state index in [4.69, 9.17) is 9.47 Å². The number of hydrogen-bond acceptors (Lipinski definition) is 6. The highest BCUT2D eigenvalue weighted by atomic mass is 32.3. The van der Waals surface area contributed by atoms with Gasteiger partial charge in [-0.3, -0.25) is 23.6 Å².